The lowest BCUT2D eigenvalue weighted by atomic mass is 10.1. The van der Waals surface area contributed by atoms with Crippen molar-refractivity contribution in [2.75, 3.05) is 25.0 Å². The van der Waals surface area contributed by atoms with Crippen molar-refractivity contribution in [1.82, 2.24) is 10.2 Å². The molecule has 0 aliphatic carbocycles. The van der Waals surface area contributed by atoms with Crippen LogP contribution in [0.1, 0.15) is 19.8 Å². The highest BCUT2D eigenvalue weighted by atomic mass is 16.5. The number of benzene rings is 1. The van der Waals surface area contributed by atoms with Gasteiger partial charge >= 0.3 is 12.1 Å². The molecule has 1 aliphatic heterocycles. The summed E-state index contributed by atoms with van der Waals surface area (Å²) in [4.78, 5) is 25.2. The zero-order valence-corrected chi connectivity index (χ0v) is 12.2. The Morgan fingerprint density at radius 2 is 1.90 bits per heavy atom. The molecular weight excluding hydrogens is 270 g/mol. The Hall–Kier alpha value is -2.24. The van der Waals surface area contributed by atoms with Crippen LogP contribution in [0.3, 0.4) is 0 Å². The van der Waals surface area contributed by atoms with E-state index in [0.717, 1.165) is 18.5 Å². The van der Waals surface area contributed by atoms with Crippen molar-refractivity contribution in [1.29, 1.82) is 0 Å². The van der Waals surface area contributed by atoms with Gasteiger partial charge in [-0.1, -0.05) is 18.2 Å². The first kappa shape index (κ1) is 15.2. The van der Waals surface area contributed by atoms with Crippen molar-refractivity contribution in [3.8, 4) is 0 Å². The van der Waals surface area contributed by atoms with E-state index >= 15 is 0 Å². The van der Waals surface area contributed by atoms with Crippen molar-refractivity contribution in [2.45, 2.75) is 25.8 Å². The lowest BCUT2D eigenvalue weighted by molar-refractivity contribution is 0.140. The summed E-state index contributed by atoms with van der Waals surface area (Å²) in [5.74, 6) is 0. The van der Waals surface area contributed by atoms with E-state index in [4.69, 9.17) is 4.74 Å². The topological polar surface area (TPSA) is 70.7 Å². The van der Waals surface area contributed by atoms with Crippen molar-refractivity contribution >= 4 is 17.8 Å². The fourth-order valence-electron chi connectivity index (χ4n) is 2.29. The highest BCUT2D eigenvalue weighted by Gasteiger charge is 2.24. The lowest BCUT2D eigenvalue weighted by Crippen LogP contribution is -2.47. The fraction of sp³-hybridized carbons (Fsp3) is 0.467. The number of nitrogens with zero attached hydrogens (tertiary/aromatic N) is 1. The third-order valence-electron chi connectivity index (χ3n) is 3.40. The van der Waals surface area contributed by atoms with Gasteiger partial charge in [-0.2, -0.15) is 0 Å². The number of carbonyl (C=O) groups excluding carboxylic acids is 2. The minimum atomic E-state index is -0.385. The molecule has 1 saturated heterocycles. The van der Waals surface area contributed by atoms with E-state index in [9.17, 15) is 9.59 Å². The summed E-state index contributed by atoms with van der Waals surface area (Å²) in [6, 6.07) is 9.35. The molecule has 0 unspecified atom stereocenters. The predicted octanol–water partition coefficient (Wildman–Crippen LogP) is 2.43. The van der Waals surface area contributed by atoms with Gasteiger partial charge in [0.25, 0.3) is 0 Å². The third kappa shape index (κ3) is 4.66. The smallest absolute Gasteiger partial charge is 0.407 e. The van der Waals surface area contributed by atoms with Gasteiger partial charge < -0.3 is 20.3 Å². The second-order valence-corrected chi connectivity index (χ2v) is 4.92. The maximum absolute atomic E-state index is 12.1. The minimum absolute atomic E-state index is 0.0739. The van der Waals surface area contributed by atoms with E-state index in [2.05, 4.69) is 10.6 Å². The van der Waals surface area contributed by atoms with Crippen LogP contribution in [-0.2, 0) is 4.74 Å². The van der Waals surface area contributed by atoms with Gasteiger partial charge in [-0.15, -0.1) is 0 Å². The number of carbonyl (C=O) groups is 2. The number of likely N-dealkylation sites (tertiary alicyclic amines) is 1. The molecule has 6 heteroatoms. The van der Waals surface area contributed by atoms with Crippen LogP contribution >= 0.6 is 0 Å². The van der Waals surface area contributed by atoms with Gasteiger partial charge in [-0.05, 0) is 31.9 Å². The summed E-state index contributed by atoms with van der Waals surface area (Å²) < 4.78 is 4.85. The Bertz CT molecular complexity index is 470. The van der Waals surface area contributed by atoms with Gasteiger partial charge in [0.2, 0.25) is 0 Å². The molecule has 2 rings (SSSR count). The number of alkyl carbamates (subject to hydrolysis) is 1. The average molecular weight is 291 g/mol. The van der Waals surface area contributed by atoms with Crippen molar-refractivity contribution in [3.05, 3.63) is 30.3 Å². The molecular formula is C15H21N3O3. The summed E-state index contributed by atoms with van der Waals surface area (Å²) >= 11 is 0. The number of hydrogen-bond acceptors (Lipinski definition) is 3. The Labute approximate surface area is 124 Å². The summed E-state index contributed by atoms with van der Waals surface area (Å²) in [5, 5.41) is 5.67. The van der Waals surface area contributed by atoms with Crippen LogP contribution < -0.4 is 10.6 Å². The molecule has 1 fully saturated rings. The molecule has 1 aromatic carbocycles. The van der Waals surface area contributed by atoms with Crippen LogP contribution in [0.4, 0.5) is 15.3 Å². The molecule has 0 bridgehead atoms. The van der Waals surface area contributed by atoms with Crippen molar-refractivity contribution in [3.63, 3.8) is 0 Å². The molecule has 1 heterocycles. The first-order chi connectivity index (χ1) is 10.2. The number of ether oxygens (including phenoxy) is 1. The number of anilines is 1. The average Bonchev–Trinajstić information content (AvgIpc) is 2.49. The number of urea groups is 1. The first-order valence-corrected chi connectivity index (χ1v) is 7.23. The summed E-state index contributed by atoms with van der Waals surface area (Å²) in [6.07, 6.45) is 1.09. The molecule has 6 nitrogen and oxygen atoms in total. The molecule has 114 valence electrons. The molecule has 1 aromatic rings. The van der Waals surface area contributed by atoms with Crippen molar-refractivity contribution < 1.29 is 14.3 Å². The lowest BCUT2D eigenvalue weighted by Gasteiger charge is -2.32. The Balaban J connectivity index is 1.75. The molecule has 21 heavy (non-hydrogen) atoms. The summed E-state index contributed by atoms with van der Waals surface area (Å²) in [7, 11) is 0. The molecule has 2 N–H and O–H groups in total. The first-order valence-electron chi connectivity index (χ1n) is 7.23. The molecule has 0 atom stereocenters. The van der Waals surface area contributed by atoms with Gasteiger partial charge in [-0.3, -0.25) is 0 Å². The second kappa shape index (κ2) is 7.52. The van der Waals surface area contributed by atoms with Gasteiger partial charge in [0.1, 0.15) is 0 Å². The third-order valence-corrected chi connectivity index (χ3v) is 3.40. The zero-order valence-electron chi connectivity index (χ0n) is 12.2. The number of amides is 3. The van der Waals surface area contributed by atoms with Crippen LogP contribution in [0.2, 0.25) is 0 Å². The standard InChI is InChI=1S/C15H21N3O3/c1-2-21-15(20)17-13-8-10-18(11-9-13)14(19)16-12-6-4-3-5-7-12/h3-7,13H,2,8-11H2,1H3,(H,16,19)(H,17,20). The van der Waals surface area contributed by atoms with Crippen LogP contribution in [-0.4, -0.2) is 42.8 Å². The molecule has 0 saturated carbocycles. The number of piperidine rings is 1. The molecule has 1 aliphatic rings. The van der Waals surface area contributed by atoms with E-state index in [1.807, 2.05) is 30.3 Å². The van der Waals surface area contributed by atoms with Crippen LogP contribution in [0.25, 0.3) is 0 Å². The van der Waals surface area contributed by atoms with E-state index in [1.54, 1.807) is 11.8 Å². The van der Waals surface area contributed by atoms with E-state index in [0.29, 0.717) is 19.7 Å². The number of para-hydroxylation sites is 1. The van der Waals surface area contributed by atoms with E-state index in [-0.39, 0.29) is 18.2 Å². The van der Waals surface area contributed by atoms with Crippen molar-refractivity contribution in [2.24, 2.45) is 0 Å². The largest absolute Gasteiger partial charge is 0.450 e. The summed E-state index contributed by atoms with van der Waals surface area (Å²) in [6.45, 7) is 3.38. The Kier molecular flexibility index (Phi) is 5.43. The molecule has 0 spiro atoms. The normalized spacial score (nSPS) is 15.4. The van der Waals surface area contributed by atoms with Crippen LogP contribution in [0.5, 0.6) is 0 Å². The molecule has 0 radical (unpaired) electrons. The minimum Gasteiger partial charge on any atom is -0.450 e. The van der Waals surface area contributed by atoms with E-state index in [1.165, 1.54) is 0 Å². The van der Waals surface area contributed by atoms with Gasteiger partial charge in [0, 0.05) is 24.8 Å². The highest BCUT2D eigenvalue weighted by molar-refractivity contribution is 5.89. The quantitative estimate of drug-likeness (QED) is 0.898. The monoisotopic (exact) mass is 291 g/mol. The van der Waals surface area contributed by atoms with Crippen LogP contribution in [0, 0.1) is 0 Å². The Morgan fingerprint density at radius 3 is 2.52 bits per heavy atom. The van der Waals surface area contributed by atoms with Crippen LogP contribution in [0.15, 0.2) is 30.3 Å². The SMILES string of the molecule is CCOC(=O)NC1CCN(C(=O)Nc2ccccc2)CC1. The van der Waals surface area contributed by atoms with Gasteiger partial charge in [0.05, 0.1) is 6.61 Å². The summed E-state index contributed by atoms with van der Waals surface area (Å²) in [5.41, 5.74) is 0.786. The zero-order chi connectivity index (χ0) is 15.1. The van der Waals surface area contributed by atoms with E-state index < -0.39 is 0 Å². The molecule has 3 amide bonds. The number of nitrogens with one attached hydrogen (secondary N) is 2. The van der Waals surface area contributed by atoms with Gasteiger partial charge in [-0.25, -0.2) is 9.59 Å². The maximum atomic E-state index is 12.1. The fourth-order valence-corrected chi connectivity index (χ4v) is 2.29. The Morgan fingerprint density at radius 1 is 1.24 bits per heavy atom. The molecule has 0 aromatic heterocycles. The second-order valence-electron chi connectivity index (χ2n) is 4.92. The maximum Gasteiger partial charge on any atom is 0.407 e. The van der Waals surface area contributed by atoms with Gasteiger partial charge in [0.15, 0.2) is 0 Å². The predicted molar refractivity (Wildman–Crippen MR) is 80.2 cm³/mol. The highest BCUT2D eigenvalue weighted by Crippen LogP contribution is 2.13. The number of hydrogen-bond donors (Lipinski definition) is 2. The number of rotatable bonds is 3.